The third kappa shape index (κ3) is 4.10. The Hall–Kier alpha value is -0.610. The van der Waals surface area contributed by atoms with Crippen LogP contribution in [0.5, 0.6) is 0 Å². The zero-order valence-corrected chi connectivity index (χ0v) is 10.4. The van der Waals surface area contributed by atoms with Crippen molar-refractivity contribution in [1.29, 1.82) is 0 Å². The molecule has 1 unspecified atom stereocenters. The molecule has 1 rings (SSSR count). The molecule has 0 spiro atoms. The van der Waals surface area contributed by atoms with Gasteiger partial charge in [-0.3, -0.25) is 4.79 Å². The summed E-state index contributed by atoms with van der Waals surface area (Å²) in [4.78, 5) is 13.1. The summed E-state index contributed by atoms with van der Waals surface area (Å²) in [6, 6.07) is 0.922. The van der Waals surface area contributed by atoms with Crippen LogP contribution in [0.3, 0.4) is 0 Å². The molecule has 16 heavy (non-hydrogen) atoms. The number of rotatable bonds is 5. The van der Waals surface area contributed by atoms with Gasteiger partial charge in [-0.1, -0.05) is 6.92 Å². The molecule has 0 aliphatic carbocycles. The van der Waals surface area contributed by atoms with Crippen LogP contribution in [0.4, 0.5) is 0 Å². The van der Waals surface area contributed by atoms with E-state index in [9.17, 15) is 4.79 Å². The molecule has 1 amide bonds. The second kappa shape index (κ2) is 6.86. The van der Waals surface area contributed by atoms with Crippen LogP contribution in [-0.4, -0.2) is 47.7 Å². The number of carbonyl (C=O) groups is 1. The molecule has 0 aromatic rings. The molecule has 1 saturated heterocycles. The fourth-order valence-corrected chi connectivity index (χ4v) is 2.26. The number of likely N-dealkylation sites (tertiary alicyclic amines) is 1. The van der Waals surface area contributed by atoms with Gasteiger partial charge in [0.05, 0.1) is 0 Å². The Morgan fingerprint density at radius 2 is 2.12 bits per heavy atom. The summed E-state index contributed by atoms with van der Waals surface area (Å²) >= 11 is 0. The number of carbonyl (C=O) groups excluding carboxylic acids is 1. The highest BCUT2D eigenvalue weighted by Crippen LogP contribution is 2.12. The second-order valence-corrected chi connectivity index (χ2v) is 4.56. The third-order valence-electron chi connectivity index (χ3n) is 3.38. The fourth-order valence-electron chi connectivity index (χ4n) is 2.26. The second-order valence-electron chi connectivity index (χ2n) is 4.56. The molecule has 94 valence electrons. The van der Waals surface area contributed by atoms with Crippen LogP contribution < -0.4 is 5.32 Å². The average molecular weight is 228 g/mol. The first kappa shape index (κ1) is 13.5. The first-order valence-electron chi connectivity index (χ1n) is 6.29. The van der Waals surface area contributed by atoms with Gasteiger partial charge in [-0.05, 0) is 25.7 Å². The topological polar surface area (TPSA) is 52.6 Å². The molecule has 1 atom stereocenters. The van der Waals surface area contributed by atoms with E-state index in [-0.39, 0.29) is 12.5 Å². The Balaban J connectivity index is 2.28. The average Bonchev–Trinajstić information content (AvgIpc) is 2.29. The van der Waals surface area contributed by atoms with Gasteiger partial charge in [0.25, 0.3) is 0 Å². The summed E-state index contributed by atoms with van der Waals surface area (Å²) in [6.07, 6.45) is 3.93. The highest BCUT2D eigenvalue weighted by atomic mass is 16.3. The lowest BCUT2D eigenvalue weighted by molar-refractivity contribution is -0.129. The molecular weight excluding hydrogens is 204 g/mol. The van der Waals surface area contributed by atoms with Crippen molar-refractivity contribution in [3.63, 3.8) is 0 Å². The van der Waals surface area contributed by atoms with Crippen LogP contribution in [0, 0.1) is 0 Å². The number of aliphatic hydroxyl groups excluding tert-OH is 1. The maximum atomic E-state index is 11.2. The zero-order chi connectivity index (χ0) is 12.0. The van der Waals surface area contributed by atoms with Gasteiger partial charge in [0.15, 0.2) is 0 Å². The SMILES string of the molecule is CCC(CCO)NC1CCN(C(C)=O)CC1. The first-order chi connectivity index (χ1) is 7.67. The quantitative estimate of drug-likeness (QED) is 0.730. The van der Waals surface area contributed by atoms with Crippen LogP contribution >= 0.6 is 0 Å². The van der Waals surface area contributed by atoms with E-state index in [1.54, 1.807) is 6.92 Å². The van der Waals surface area contributed by atoms with Crippen LogP contribution in [0.25, 0.3) is 0 Å². The Kier molecular flexibility index (Phi) is 5.77. The van der Waals surface area contributed by atoms with Gasteiger partial charge in [0.1, 0.15) is 0 Å². The maximum Gasteiger partial charge on any atom is 0.219 e. The summed E-state index contributed by atoms with van der Waals surface area (Å²) in [5.41, 5.74) is 0. The molecule has 1 aliphatic heterocycles. The van der Waals surface area contributed by atoms with E-state index in [0.717, 1.165) is 38.8 Å². The first-order valence-corrected chi connectivity index (χ1v) is 6.29. The number of amides is 1. The molecule has 0 saturated carbocycles. The Labute approximate surface area is 98.0 Å². The number of nitrogens with one attached hydrogen (secondary N) is 1. The van der Waals surface area contributed by atoms with Gasteiger partial charge in [-0.2, -0.15) is 0 Å². The standard InChI is InChI=1S/C12H24N2O2/c1-3-11(6-9-15)13-12-4-7-14(8-5-12)10(2)16/h11-13,15H,3-9H2,1-2H3. The lowest BCUT2D eigenvalue weighted by atomic mass is 10.0. The highest BCUT2D eigenvalue weighted by Gasteiger charge is 2.21. The predicted molar refractivity (Wildman–Crippen MR) is 64.2 cm³/mol. The minimum atomic E-state index is 0.181. The number of hydrogen-bond donors (Lipinski definition) is 2. The van der Waals surface area contributed by atoms with Crippen LogP contribution in [0.15, 0.2) is 0 Å². The molecular formula is C12H24N2O2. The Morgan fingerprint density at radius 3 is 2.56 bits per heavy atom. The molecule has 1 fully saturated rings. The summed E-state index contributed by atoms with van der Waals surface area (Å²) in [7, 11) is 0. The summed E-state index contributed by atoms with van der Waals surface area (Å²) < 4.78 is 0. The summed E-state index contributed by atoms with van der Waals surface area (Å²) in [5.74, 6) is 0.181. The van der Waals surface area contributed by atoms with Crippen LogP contribution in [-0.2, 0) is 4.79 Å². The maximum absolute atomic E-state index is 11.2. The van der Waals surface area contributed by atoms with Crippen molar-refractivity contribution in [1.82, 2.24) is 10.2 Å². The van der Waals surface area contributed by atoms with E-state index in [1.807, 2.05) is 4.90 Å². The molecule has 2 N–H and O–H groups in total. The fraction of sp³-hybridized carbons (Fsp3) is 0.917. The molecule has 0 bridgehead atoms. The van der Waals surface area contributed by atoms with Gasteiger partial charge in [-0.25, -0.2) is 0 Å². The molecule has 0 aromatic carbocycles. The number of nitrogens with zero attached hydrogens (tertiary/aromatic N) is 1. The smallest absolute Gasteiger partial charge is 0.219 e. The number of aliphatic hydroxyl groups is 1. The third-order valence-corrected chi connectivity index (χ3v) is 3.38. The Morgan fingerprint density at radius 1 is 1.50 bits per heavy atom. The van der Waals surface area contributed by atoms with Gasteiger partial charge >= 0.3 is 0 Å². The molecule has 4 nitrogen and oxygen atoms in total. The predicted octanol–water partition coefficient (Wildman–Crippen LogP) is 0.748. The normalized spacial score (nSPS) is 19.8. The Bertz CT molecular complexity index is 213. The number of hydrogen-bond acceptors (Lipinski definition) is 3. The number of piperidine rings is 1. The van der Waals surface area contributed by atoms with E-state index < -0.39 is 0 Å². The highest BCUT2D eigenvalue weighted by molar-refractivity contribution is 5.73. The van der Waals surface area contributed by atoms with Crippen molar-refractivity contribution in [3.05, 3.63) is 0 Å². The van der Waals surface area contributed by atoms with E-state index in [2.05, 4.69) is 12.2 Å². The monoisotopic (exact) mass is 228 g/mol. The van der Waals surface area contributed by atoms with E-state index in [4.69, 9.17) is 5.11 Å². The molecule has 1 heterocycles. The molecule has 4 heteroatoms. The summed E-state index contributed by atoms with van der Waals surface area (Å²) in [5, 5.41) is 12.5. The molecule has 0 aromatic heterocycles. The largest absolute Gasteiger partial charge is 0.396 e. The van der Waals surface area contributed by atoms with Gasteiger partial charge in [-0.15, -0.1) is 0 Å². The van der Waals surface area contributed by atoms with Crippen molar-refractivity contribution in [2.45, 2.75) is 51.6 Å². The van der Waals surface area contributed by atoms with Crippen LogP contribution in [0.1, 0.15) is 39.5 Å². The minimum Gasteiger partial charge on any atom is -0.396 e. The van der Waals surface area contributed by atoms with E-state index in [0.29, 0.717) is 12.1 Å². The van der Waals surface area contributed by atoms with Crippen molar-refractivity contribution in [3.8, 4) is 0 Å². The van der Waals surface area contributed by atoms with Crippen molar-refractivity contribution in [2.24, 2.45) is 0 Å². The lowest BCUT2D eigenvalue weighted by Gasteiger charge is -2.33. The van der Waals surface area contributed by atoms with Gasteiger partial charge < -0.3 is 15.3 Å². The van der Waals surface area contributed by atoms with E-state index in [1.165, 1.54) is 0 Å². The molecule has 1 aliphatic rings. The minimum absolute atomic E-state index is 0.181. The van der Waals surface area contributed by atoms with Crippen molar-refractivity contribution >= 4 is 5.91 Å². The zero-order valence-electron chi connectivity index (χ0n) is 10.4. The molecule has 0 radical (unpaired) electrons. The van der Waals surface area contributed by atoms with Crippen molar-refractivity contribution in [2.75, 3.05) is 19.7 Å². The van der Waals surface area contributed by atoms with Crippen molar-refractivity contribution < 1.29 is 9.90 Å². The van der Waals surface area contributed by atoms with Crippen LogP contribution in [0.2, 0.25) is 0 Å². The van der Waals surface area contributed by atoms with Gasteiger partial charge in [0.2, 0.25) is 5.91 Å². The summed E-state index contributed by atoms with van der Waals surface area (Å²) in [6.45, 7) is 5.75. The lowest BCUT2D eigenvalue weighted by Crippen LogP contribution is -2.47. The van der Waals surface area contributed by atoms with E-state index >= 15 is 0 Å². The van der Waals surface area contributed by atoms with Gasteiger partial charge in [0, 0.05) is 38.7 Å².